The highest BCUT2D eigenvalue weighted by molar-refractivity contribution is 5.86. The Balaban J connectivity index is 1.77. The van der Waals surface area contributed by atoms with Gasteiger partial charge in [-0.3, -0.25) is 4.79 Å². The molecule has 0 fully saturated rings. The Morgan fingerprint density at radius 2 is 1.44 bits per heavy atom. The van der Waals surface area contributed by atoms with Gasteiger partial charge in [-0.25, -0.2) is 0 Å². The Bertz CT molecular complexity index is 1170. The smallest absolute Gasteiger partial charge is 0.294 e. The fourth-order valence-electron chi connectivity index (χ4n) is 2.73. The molecule has 0 radical (unpaired) electrons. The molecule has 0 unspecified atom stereocenters. The van der Waals surface area contributed by atoms with E-state index in [1.165, 1.54) is 18.2 Å². The predicted molar refractivity (Wildman–Crippen MR) is 106 cm³/mol. The molecule has 1 aromatic heterocycles. The summed E-state index contributed by atoms with van der Waals surface area (Å²) in [7, 11) is 0. The molecule has 0 aliphatic rings. The summed E-state index contributed by atoms with van der Waals surface area (Å²) in [5.74, 6) is 0.393. The average Bonchev–Trinajstić information content (AvgIpc) is 2.74. The fraction of sp³-hybridized carbons (Fsp3) is 0.211. The SMILES string of the molecule is O=c1cc(-c2ccc(OCCO[N+](=O)[O-])cc2)oc2cc(OCCO[N+](=O)[O-])cc(O)c12. The average molecular weight is 448 g/mol. The molecular weight excluding hydrogens is 432 g/mol. The first-order chi connectivity index (χ1) is 15.3. The van der Waals surface area contributed by atoms with Crippen LogP contribution in [0.3, 0.4) is 0 Å². The normalized spacial score (nSPS) is 10.5. The van der Waals surface area contributed by atoms with Crippen LogP contribution in [0.4, 0.5) is 0 Å². The van der Waals surface area contributed by atoms with E-state index >= 15 is 0 Å². The number of hydrogen-bond acceptors (Lipinski definition) is 11. The van der Waals surface area contributed by atoms with Crippen LogP contribution in [0.5, 0.6) is 17.2 Å². The lowest BCUT2D eigenvalue weighted by atomic mass is 10.1. The molecule has 1 N–H and O–H groups in total. The number of hydrogen-bond donors (Lipinski definition) is 1. The minimum atomic E-state index is -0.955. The highest BCUT2D eigenvalue weighted by Gasteiger charge is 2.13. The third-order valence-electron chi connectivity index (χ3n) is 4.02. The number of ether oxygens (including phenoxy) is 2. The number of rotatable bonds is 11. The fourth-order valence-corrected chi connectivity index (χ4v) is 2.73. The summed E-state index contributed by atoms with van der Waals surface area (Å²) in [6, 6.07) is 10.2. The molecule has 0 aliphatic carbocycles. The van der Waals surface area contributed by atoms with E-state index in [1.54, 1.807) is 24.3 Å². The van der Waals surface area contributed by atoms with Crippen molar-refractivity contribution >= 4 is 11.0 Å². The van der Waals surface area contributed by atoms with Crippen LogP contribution in [0.2, 0.25) is 0 Å². The van der Waals surface area contributed by atoms with Gasteiger partial charge < -0.3 is 28.7 Å². The summed E-state index contributed by atoms with van der Waals surface area (Å²) in [4.78, 5) is 41.0. The monoisotopic (exact) mass is 448 g/mol. The maximum Gasteiger partial charge on any atom is 0.294 e. The van der Waals surface area contributed by atoms with Crippen molar-refractivity contribution in [3.05, 3.63) is 72.9 Å². The van der Waals surface area contributed by atoms with E-state index in [0.29, 0.717) is 11.3 Å². The molecule has 2 aromatic carbocycles. The first-order valence-electron chi connectivity index (χ1n) is 9.05. The van der Waals surface area contributed by atoms with Gasteiger partial charge >= 0.3 is 0 Å². The maximum atomic E-state index is 12.5. The number of benzene rings is 2. The van der Waals surface area contributed by atoms with Crippen molar-refractivity contribution in [3.8, 4) is 28.6 Å². The van der Waals surface area contributed by atoms with Crippen LogP contribution in [0.1, 0.15) is 0 Å². The molecule has 0 saturated heterocycles. The molecule has 0 aliphatic heterocycles. The molecule has 0 spiro atoms. The van der Waals surface area contributed by atoms with Crippen molar-refractivity contribution in [1.29, 1.82) is 0 Å². The quantitative estimate of drug-likeness (QED) is 0.259. The third kappa shape index (κ3) is 5.75. The van der Waals surface area contributed by atoms with E-state index in [1.807, 2.05) is 0 Å². The highest BCUT2D eigenvalue weighted by Crippen LogP contribution is 2.31. The van der Waals surface area contributed by atoms with Crippen LogP contribution in [-0.2, 0) is 9.68 Å². The van der Waals surface area contributed by atoms with Gasteiger partial charge in [0.1, 0.15) is 60.4 Å². The zero-order valence-electron chi connectivity index (χ0n) is 16.3. The lowest BCUT2D eigenvalue weighted by Crippen LogP contribution is -2.10. The summed E-state index contributed by atoms with van der Waals surface area (Å²) in [5.41, 5.74) is 0.0947. The van der Waals surface area contributed by atoms with Crippen LogP contribution >= 0.6 is 0 Å². The Morgan fingerprint density at radius 1 is 0.844 bits per heavy atom. The summed E-state index contributed by atoms with van der Waals surface area (Å²) < 4.78 is 16.3. The first kappa shape index (κ1) is 22.1. The molecule has 3 rings (SSSR count). The van der Waals surface area contributed by atoms with Gasteiger partial charge in [-0.05, 0) is 24.3 Å². The van der Waals surface area contributed by atoms with Crippen molar-refractivity contribution in [1.82, 2.24) is 0 Å². The largest absolute Gasteiger partial charge is 0.507 e. The van der Waals surface area contributed by atoms with Crippen molar-refractivity contribution < 1.29 is 38.8 Å². The molecule has 1 heterocycles. The molecule has 0 saturated carbocycles. The van der Waals surface area contributed by atoms with Crippen molar-refractivity contribution in [3.63, 3.8) is 0 Å². The molecule has 0 amide bonds. The predicted octanol–water partition coefficient (Wildman–Crippen LogP) is 2.34. The second-order valence-electron chi connectivity index (χ2n) is 6.13. The Kier molecular flexibility index (Phi) is 6.90. The zero-order chi connectivity index (χ0) is 23.1. The zero-order valence-corrected chi connectivity index (χ0v) is 16.3. The van der Waals surface area contributed by atoms with Gasteiger partial charge in [0.15, 0.2) is 5.43 Å². The van der Waals surface area contributed by atoms with E-state index < -0.39 is 15.6 Å². The minimum absolute atomic E-state index is 0.0276. The van der Waals surface area contributed by atoms with Crippen molar-refractivity contribution in [2.24, 2.45) is 0 Å². The molecule has 3 aromatic rings. The molecule has 0 atom stereocenters. The Morgan fingerprint density at radius 3 is 2.03 bits per heavy atom. The van der Waals surface area contributed by atoms with Crippen molar-refractivity contribution in [2.45, 2.75) is 0 Å². The van der Waals surface area contributed by atoms with Crippen LogP contribution < -0.4 is 14.9 Å². The number of phenolic OH excluding ortho intramolecular Hbond substituents is 1. The van der Waals surface area contributed by atoms with Crippen LogP contribution in [0.25, 0.3) is 22.3 Å². The van der Waals surface area contributed by atoms with E-state index in [0.717, 1.165) is 0 Å². The van der Waals surface area contributed by atoms with Gasteiger partial charge in [0.25, 0.3) is 10.2 Å². The summed E-state index contributed by atoms with van der Waals surface area (Å²) >= 11 is 0. The lowest BCUT2D eigenvalue weighted by Gasteiger charge is -2.09. The molecular formula is C19H16N2O11. The van der Waals surface area contributed by atoms with Gasteiger partial charge in [-0.2, -0.15) is 0 Å². The van der Waals surface area contributed by atoms with Gasteiger partial charge in [0, 0.05) is 23.8 Å². The Labute approximate surface area is 178 Å². The topological polar surface area (TPSA) is 174 Å². The highest BCUT2D eigenvalue weighted by atomic mass is 17.0. The van der Waals surface area contributed by atoms with E-state index in [4.69, 9.17) is 13.9 Å². The van der Waals surface area contributed by atoms with Crippen LogP contribution in [0.15, 0.2) is 51.7 Å². The Hall–Kier alpha value is -4.55. The van der Waals surface area contributed by atoms with Gasteiger partial charge in [-0.15, -0.1) is 20.2 Å². The van der Waals surface area contributed by atoms with Crippen LogP contribution in [0, 0.1) is 20.2 Å². The van der Waals surface area contributed by atoms with E-state index in [9.17, 15) is 30.1 Å². The van der Waals surface area contributed by atoms with Gasteiger partial charge in [0.2, 0.25) is 0 Å². The molecule has 0 bridgehead atoms. The first-order valence-corrected chi connectivity index (χ1v) is 9.05. The standard InChI is InChI=1S/C19H16N2O11/c22-15-9-14(29-6-8-31-21(26)27)10-18-19(15)16(23)11-17(32-18)12-1-3-13(4-2-12)28-5-7-30-20(24)25/h1-4,9-11,22H,5-8H2. The number of nitrogens with zero attached hydrogens (tertiary/aromatic N) is 2. The van der Waals surface area contributed by atoms with E-state index in [2.05, 4.69) is 9.68 Å². The molecule has 32 heavy (non-hydrogen) atoms. The van der Waals surface area contributed by atoms with Gasteiger partial charge in [0.05, 0.1) is 0 Å². The number of phenols is 1. The number of fused-ring (bicyclic) bond motifs is 1. The molecule has 168 valence electrons. The minimum Gasteiger partial charge on any atom is -0.507 e. The van der Waals surface area contributed by atoms with Gasteiger partial charge in [-0.1, -0.05) is 0 Å². The van der Waals surface area contributed by atoms with E-state index in [-0.39, 0.29) is 54.7 Å². The number of aromatic hydroxyl groups is 1. The summed E-state index contributed by atoms with van der Waals surface area (Å²) in [6.45, 7) is -0.729. The van der Waals surface area contributed by atoms with Crippen LogP contribution in [-0.4, -0.2) is 41.7 Å². The second-order valence-corrected chi connectivity index (χ2v) is 6.13. The van der Waals surface area contributed by atoms with Crippen molar-refractivity contribution in [2.75, 3.05) is 26.4 Å². The maximum absolute atomic E-state index is 12.5. The second kappa shape index (κ2) is 9.97. The summed E-state index contributed by atoms with van der Waals surface area (Å²) in [6.07, 6.45) is 0. The summed E-state index contributed by atoms with van der Waals surface area (Å²) in [5, 5.41) is 28.5. The molecule has 13 heteroatoms. The third-order valence-corrected chi connectivity index (χ3v) is 4.02. The lowest BCUT2D eigenvalue weighted by molar-refractivity contribution is -0.757. The molecule has 13 nitrogen and oxygen atoms in total.